The van der Waals surface area contributed by atoms with Crippen molar-refractivity contribution in [3.63, 3.8) is 0 Å². The number of thiocyanates is 1. The van der Waals surface area contributed by atoms with Crippen LogP contribution < -0.4 is 15.0 Å². The van der Waals surface area contributed by atoms with Crippen molar-refractivity contribution in [1.82, 2.24) is 0 Å². The zero-order valence-electron chi connectivity index (χ0n) is 24.8. The number of methoxy groups -OCH3 is 1. The molecule has 0 unspecified atom stereocenters. The first-order valence-electron chi connectivity index (χ1n) is 13.3. The number of anilines is 2. The van der Waals surface area contributed by atoms with Gasteiger partial charge in [-0.25, -0.2) is 0 Å². The molecule has 0 atom stereocenters. The Kier molecular flexibility index (Phi) is 12.2. The molecule has 0 aliphatic heterocycles. The zero-order valence-corrected chi connectivity index (χ0v) is 25.6. The van der Waals surface area contributed by atoms with E-state index >= 15 is 0 Å². The van der Waals surface area contributed by atoms with E-state index in [0.717, 1.165) is 11.6 Å². The fourth-order valence-corrected chi connectivity index (χ4v) is 4.57. The lowest BCUT2D eigenvalue weighted by Crippen LogP contribution is -2.27. The number of benzene rings is 3. The number of esters is 1. The molecule has 0 saturated carbocycles. The lowest BCUT2D eigenvalue weighted by atomic mass is 10.1. The molecule has 0 heterocycles. The number of hydrogen-bond acceptors (Lipinski definition) is 14. The molecule has 0 aromatic heterocycles. The highest BCUT2D eigenvalue weighted by Gasteiger charge is 2.26. The smallest absolute Gasteiger partial charge is 0.308 e. The van der Waals surface area contributed by atoms with Gasteiger partial charge in [0.15, 0.2) is 11.5 Å². The second-order valence-electron chi connectivity index (χ2n) is 9.46. The quantitative estimate of drug-likeness (QED) is 0.0501. The summed E-state index contributed by atoms with van der Waals surface area (Å²) in [5, 5.41) is 44.6. The number of nitro groups is 2. The largest absolute Gasteiger partial charge is 0.494 e. The van der Waals surface area contributed by atoms with Gasteiger partial charge in [-0.05, 0) is 36.4 Å². The molecule has 0 spiro atoms. The zero-order chi connectivity index (χ0) is 33.8. The Balaban J connectivity index is 2.12. The lowest BCUT2D eigenvalue weighted by Gasteiger charge is -2.27. The Labute approximate surface area is 266 Å². The number of hydrogen-bond donors (Lipinski definition) is 1. The molecule has 0 radical (unpaired) electrons. The fourth-order valence-electron chi connectivity index (χ4n) is 4.06. The lowest BCUT2D eigenvalue weighted by molar-refractivity contribution is -0.395. The number of nitriles is 1. The van der Waals surface area contributed by atoms with Crippen LogP contribution in [0.3, 0.4) is 0 Å². The number of rotatable bonds is 15. The Bertz CT molecular complexity index is 1730. The molecule has 1 N–H and O–H groups in total. The van der Waals surface area contributed by atoms with Crippen molar-refractivity contribution >= 4 is 63.5 Å². The molecule has 3 aromatic rings. The predicted octanol–water partition coefficient (Wildman–Crippen LogP) is 5.99. The van der Waals surface area contributed by atoms with Gasteiger partial charge in [0.2, 0.25) is 5.91 Å². The third kappa shape index (κ3) is 9.56. The molecule has 0 fully saturated rings. The number of ether oxygens (including phenoxy) is 2. The molecule has 1 amide bonds. The number of Topliss-reactive ketones (excluding diaryl/α,β-unsaturated/α-hetero) is 1. The molecule has 0 bridgehead atoms. The number of azo groups is 1. The summed E-state index contributed by atoms with van der Waals surface area (Å²) in [6, 6.07) is 13.9. The monoisotopic (exact) mass is 649 g/mol. The number of amides is 1. The Morgan fingerprint density at radius 2 is 1.67 bits per heavy atom. The third-order valence-electron chi connectivity index (χ3n) is 6.06. The molecule has 16 nitrogen and oxygen atoms in total. The summed E-state index contributed by atoms with van der Waals surface area (Å²) in [7, 11) is 1.38. The maximum Gasteiger partial charge on any atom is 0.308 e. The van der Waals surface area contributed by atoms with Crippen LogP contribution >= 0.6 is 11.8 Å². The Hall–Kier alpha value is -5.89. The van der Waals surface area contributed by atoms with Gasteiger partial charge in [0.25, 0.3) is 5.69 Å². The van der Waals surface area contributed by atoms with Crippen molar-refractivity contribution in [3.8, 4) is 11.2 Å². The molecular weight excluding hydrogens is 622 g/mol. The molecule has 17 heteroatoms. The fraction of sp³-hybridized carbons (Fsp3) is 0.241. The average molecular weight is 650 g/mol. The van der Waals surface area contributed by atoms with Crippen LogP contribution in [0, 0.1) is 30.9 Å². The van der Waals surface area contributed by atoms with E-state index in [1.807, 2.05) is 30.3 Å². The summed E-state index contributed by atoms with van der Waals surface area (Å²) in [6.07, 6.45) is -0.0902. The van der Waals surface area contributed by atoms with Gasteiger partial charge >= 0.3 is 11.7 Å². The Morgan fingerprint density at radius 3 is 2.26 bits per heavy atom. The number of carbonyl (C=O) groups excluding carboxylic acids is 3. The molecule has 46 heavy (non-hydrogen) atoms. The van der Waals surface area contributed by atoms with Crippen LogP contribution in [-0.4, -0.2) is 47.8 Å². The number of nitro benzene ring substituents is 2. The van der Waals surface area contributed by atoms with E-state index in [4.69, 9.17) is 14.7 Å². The summed E-state index contributed by atoms with van der Waals surface area (Å²) in [5.74, 6) is -1.16. The van der Waals surface area contributed by atoms with Crippen LogP contribution in [0.15, 0.2) is 69.7 Å². The van der Waals surface area contributed by atoms with Crippen LogP contribution in [0.1, 0.15) is 25.8 Å². The van der Waals surface area contributed by atoms with Gasteiger partial charge < -0.3 is 19.7 Å². The topological polar surface area (TPSA) is 220 Å². The van der Waals surface area contributed by atoms with E-state index in [2.05, 4.69) is 15.5 Å². The van der Waals surface area contributed by atoms with Gasteiger partial charge in [-0.3, -0.25) is 34.6 Å². The van der Waals surface area contributed by atoms with Crippen LogP contribution in [0.2, 0.25) is 0 Å². The number of nitrogens with one attached hydrogen (secondary N) is 1. The van der Waals surface area contributed by atoms with Crippen molar-refractivity contribution in [3.05, 3.63) is 80.4 Å². The molecule has 3 rings (SSSR count). The predicted molar refractivity (Wildman–Crippen MR) is 166 cm³/mol. The first kappa shape index (κ1) is 34.6. The van der Waals surface area contributed by atoms with Crippen LogP contribution in [0.4, 0.5) is 34.1 Å². The van der Waals surface area contributed by atoms with E-state index < -0.39 is 33.1 Å². The van der Waals surface area contributed by atoms with E-state index in [9.17, 15) is 34.6 Å². The van der Waals surface area contributed by atoms with Gasteiger partial charge in [-0.2, -0.15) is 5.26 Å². The van der Waals surface area contributed by atoms with Gasteiger partial charge in [0.1, 0.15) is 28.3 Å². The van der Waals surface area contributed by atoms with Crippen molar-refractivity contribution in [2.75, 3.05) is 30.5 Å². The van der Waals surface area contributed by atoms with E-state index in [1.165, 1.54) is 33.1 Å². The maximum atomic E-state index is 12.4. The number of nitrogens with zero attached hydrogens (tertiary/aromatic N) is 6. The third-order valence-corrected chi connectivity index (χ3v) is 6.70. The highest BCUT2D eigenvalue weighted by Crippen LogP contribution is 2.43. The highest BCUT2D eigenvalue weighted by atomic mass is 32.2. The molecule has 0 aliphatic rings. The minimum Gasteiger partial charge on any atom is -0.494 e. The highest BCUT2D eigenvalue weighted by molar-refractivity contribution is 8.03. The molecule has 238 valence electrons. The van der Waals surface area contributed by atoms with E-state index in [0.29, 0.717) is 30.1 Å². The normalized spacial score (nSPS) is 10.6. The van der Waals surface area contributed by atoms with Gasteiger partial charge in [-0.15, -0.1) is 10.2 Å². The van der Waals surface area contributed by atoms with Gasteiger partial charge in [-0.1, -0.05) is 30.3 Å². The SMILES string of the molecule is COc1cc(N=Nc2cc(SC#N)c([N+](=O)[O-])cc2[N+](=O)[O-])c(NC(C)=O)cc1N(CCC(=O)OCC(C)=O)Cc1ccccc1. The number of carbonyl (C=O) groups is 3. The van der Waals surface area contributed by atoms with Gasteiger partial charge in [0.05, 0.1) is 40.8 Å². The second-order valence-corrected chi connectivity index (χ2v) is 10.3. The van der Waals surface area contributed by atoms with Crippen molar-refractivity contribution in [2.45, 2.75) is 31.7 Å². The van der Waals surface area contributed by atoms with Crippen molar-refractivity contribution in [1.29, 1.82) is 5.26 Å². The van der Waals surface area contributed by atoms with Gasteiger partial charge in [0, 0.05) is 26.1 Å². The summed E-state index contributed by atoms with van der Waals surface area (Å²) in [6.45, 7) is 2.62. The van der Waals surface area contributed by atoms with Crippen molar-refractivity contribution < 1.29 is 33.7 Å². The molecule has 0 aliphatic carbocycles. The first-order chi connectivity index (χ1) is 21.9. The number of thioether (sulfide) groups is 1. The van der Waals surface area contributed by atoms with E-state index in [1.54, 1.807) is 10.3 Å². The van der Waals surface area contributed by atoms with Crippen molar-refractivity contribution in [2.24, 2.45) is 10.2 Å². The molecule has 3 aromatic carbocycles. The molecule has 0 saturated heterocycles. The number of ketones is 1. The van der Waals surface area contributed by atoms with Crippen LogP contribution in [0.5, 0.6) is 5.75 Å². The summed E-state index contributed by atoms with van der Waals surface area (Å²) >= 11 is 0.428. The molecular formula is C29H27N7O9S. The summed E-state index contributed by atoms with van der Waals surface area (Å²) in [5.41, 5.74) is -0.303. The minimum atomic E-state index is -0.872. The summed E-state index contributed by atoms with van der Waals surface area (Å²) in [4.78, 5) is 58.8. The minimum absolute atomic E-state index is 0.0125. The summed E-state index contributed by atoms with van der Waals surface area (Å²) < 4.78 is 10.6. The van der Waals surface area contributed by atoms with Crippen LogP contribution in [0.25, 0.3) is 0 Å². The second kappa shape index (κ2) is 16.3. The standard InChI is InChI=1S/C29H27N7O9S/c1-18(37)16-45-29(39)9-10-34(15-20-7-5-4-6-8-20)25-11-21(31-19(2)38)22(12-27(25)44-3)32-33-23-13-28(46-17-30)26(36(42)43)14-24(23)35(40)41/h4-8,11-14H,9-10,15-16H2,1-3H3,(H,31,38). The maximum absolute atomic E-state index is 12.4. The first-order valence-corrected chi connectivity index (χ1v) is 14.1. The van der Waals surface area contributed by atoms with Crippen LogP contribution in [-0.2, 0) is 25.7 Å². The average Bonchev–Trinajstić information content (AvgIpc) is 3.01. The van der Waals surface area contributed by atoms with E-state index in [-0.39, 0.29) is 53.1 Å². The Morgan fingerprint density at radius 1 is 1.00 bits per heavy atom.